The van der Waals surface area contributed by atoms with Crippen LogP contribution in [0.4, 0.5) is 0 Å². The van der Waals surface area contributed by atoms with Gasteiger partial charge in [-0.15, -0.1) is 34.0 Å². The Hall–Kier alpha value is -3.19. The Morgan fingerprint density at radius 1 is 0.581 bits per heavy atom. The van der Waals surface area contributed by atoms with Crippen molar-refractivity contribution in [3.63, 3.8) is 0 Å². The molecule has 0 aliphatic carbocycles. The van der Waals surface area contributed by atoms with E-state index in [0.717, 1.165) is 38.6 Å². The number of rotatable bonds is 4. The Labute approximate surface area is 191 Å². The average Bonchev–Trinajstić information content (AvgIpc) is 3.60. The van der Waals surface area contributed by atoms with E-state index < -0.39 is 0 Å². The second-order valence-electron chi connectivity index (χ2n) is 6.91. The lowest BCUT2D eigenvalue weighted by Gasteiger charge is -2.09. The van der Waals surface area contributed by atoms with Crippen molar-refractivity contribution in [3.8, 4) is 42.2 Å². The number of nitrogens with zero attached hydrogens (tertiary/aromatic N) is 3. The molecule has 0 radical (unpaired) electrons. The largest absolute Gasteiger partial charge is 0.255 e. The highest BCUT2D eigenvalue weighted by atomic mass is 32.1. The summed E-state index contributed by atoms with van der Waals surface area (Å²) in [5.74, 6) is 0. The van der Waals surface area contributed by atoms with Gasteiger partial charge in [-0.25, -0.2) is 9.97 Å². The smallest absolute Gasteiger partial charge is 0.116 e. The number of fused-ring (bicyclic) bond motifs is 1. The summed E-state index contributed by atoms with van der Waals surface area (Å²) in [6.07, 6.45) is 1.81. The number of hydrogen-bond donors (Lipinski definition) is 0. The Balaban J connectivity index is 1.72. The summed E-state index contributed by atoms with van der Waals surface area (Å²) in [6.45, 7) is 0. The third-order valence-electron chi connectivity index (χ3n) is 4.97. The second-order valence-corrected chi connectivity index (χ2v) is 9.83. The minimum absolute atomic E-state index is 0.813. The highest BCUT2D eigenvalue weighted by molar-refractivity contribution is 7.27. The van der Waals surface area contributed by atoms with Crippen LogP contribution in [0, 0.1) is 0 Å². The van der Waals surface area contributed by atoms with Crippen molar-refractivity contribution in [3.05, 3.63) is 89.8 Å². The molecule has 0 spiro atoms. The molecule has 0 aliphatic heterocycles. The normalized spacial score (nSPS) is 11.2. The van der Waals surface area contributed by atoms with Gasteiger partial charge in [0.15, 0.2) is 0 Å². The Morgan fingerprint density at radius 3 is 1.81 bits per heavy atom. The topological polar surface area (TPSA) is 38.7 Å². The highest BCUT2D eigenvalue weighted by Crippen LogP contribution is 2.46. The highest BCUT2D eigenvalue weighted by Gasteiger charge is 2.22. The summed E-state index contributed by atoms with van der Waals surface area (Å²) in [5.41, 5.74) is 5.44. The molecule has 1 aromatic carbocycles. The molecule has 3 nitrogen and oxygen atoms in total. The average molecular weight is 454 g/mol. The first-order valence-corrected chi connectivity index (χ1v) is 12.3. The predicted octanol–water partition coefficient (Wildman–Crippen LogP) is 7.88. The van der Waals surface area contributed by atoms with E-state index in [4.69, 9.17) is 9.97 Å². The van der Waals surface area contributed by atoms with E-state index in [1.165, 1.54) is 14.6 Å². The Morgan fingerprint density at radius 2 is 1.23 bits per heavy atom. The fourth-order valence-electron chi connectivity index (χ4n) is 3.58. The molecule has 5 heterocycles. The van der Waals surface area contributed by atoms with Crippen molar-refractivity contribution in [2.45, 2.75) is 0 Å². The third kappa shape index (κ3) is 3.29. The third-order valence-corrected chi connectivity index (χ3v) is 8.24. The molecule has 5 aromatic heterocycles. The van der Waals surface area contributed by atoms with E-state index in [9.17, 15) is 0 Å². The van der Waals surface area contributed by atoms with Crippen molar-refractivity contribution in [1.29, 1.82) is 0 Å². The molecule has 0 bridgehead atoms. The molecule has 0 fully saturated rings. The van der Waals surface area contributed by atoms with Crippen LogP contribution < -0.4 is 0 Å². The van der Waals surface area contributed by atoms with Gasteiger partial charge < -0.3 is 0 Å². The van der Waals surface area contributed by atoms with Gasteiger partial charge in [-0.2, -0.15) is 0 Å². The molecule has 0 aliphatic rings. The molecular weight excluding hydrogens is 438 g/mol. The van der Waals surface area contributed by atoms with Crippen LogP contribution in [0.5, 0.6) is 0 Å². The molecule has 0 saturated carbocycles. The molecular formula is C25H15N3S3. The first kappa shape index (κ1) is 18.6. The van der Waals surface area contributed by atoms with Gasteiger partial charge in [0, 0.05) is 21.5 Å². The number of hydrogen-bond acceptors (Lipinski definition) is 6. The zero-order valence-electron chi connectivity index (χ0n) is 16.2. The first-order valence-electron chi connectivity index (χ1n) is 9.77. The van der Waals surface area contributed by atoms with Crippen LogP contribution in [0.3, 0.4) is 0 Å². The van der Waals surface area contributed by atoms with E-state index >= 15 is 0 Å². The van der Waals surface area contributed by atoms with Crippen LogP contribution in [0.25, 0.3) is 53.2 Å². The van der Waals surface area contributed by atoms with Gasteiger partial charge in [-0.3, -0.25) is 4.98 Å². The van der Waals surface area contributed by atoms with Crippen LogP contribution in [-0.4, -0.2) is 15.0 Å². The van der Waals surface area contributed by atoms with Gasteiger partial charge in [0.25, 0.3) is 0 Å². The van der Waals surface area contributed by atoms with Gasteiger partial charge in [0.1, 0.15) is 16.7 Å². The summed E-state index contributed by atoms with van der Waals surface area (Å²) >= 11 is 5.24. The van der Waals surface area contributed by atoms with E-state index in [2.05, 4.69) is 52.1 Å². The van der Waals surface area contributed by atoms with E-state index in [1.54, 1.807) is 40.2 Å². The van der Waals surface area contributed by atoms with Crippen molar-refractivity contribution in [2.75, 3.05) is 0 Å². The molecule has 0 N–H and O–H groups in total. The van der Waals surface area contributed by atoms with Gasteiger partial charge in [0.2, 0.25) is 0 Å². The molecule has 6 aromatic rings. The first-order chi connectivity index (χ1) is 15.4. The molecule has 6 rings (SSSR count). The van der Waals surface area contributed by atoms with E-state index in [0.29, 0.717) is 0 Å². The minimum Gasteiger partial charge on any atom is -0.255 e. The molecule has 6 heteroatoms. The minimum atomic E-state index is 0.813. The van der Waals surface area contributed by atoms with E-state index in [1.807, 2.05) is 36.4 Å². The van der Waals surface area contributed by atoms with Gasteiger partial charge in [0.05, 0.1) is 21.1 Å². The summed E-state index contributed by atoms with van der Waals surface area (Å²) in [6, 6.07) is 24.7. The van der Waals surface area contributed by atoms with Crippen LogP contribution in [0.2, 0.25) is 0 Å². The van der Waals surface area contributed by atoms with Crippen molar-refractivity contribution >= 4 is 45.0 Å². The van der Waals surface area contributed by atoms with Gasteiger partial charge in [-0.05, 0) is 35.0 Å². The second kappa shape index (κ2) is 7.81. The molecule has 31 heavy (non-hydrogen) atoms. The standard InChI is InChI=1S/C25H15N3S3/c1-2-8-16(9-3-1)20-21(17-10-4-5-13-26-17)28-23-22(27-20)24(18-11-6-14-29-18)31-25(23)19-12-7-15-30-19/h1-15H. The zero-order chi connectivity index (χ0) is 20.6. The molecule has 0 atom stereocenters. The van der Waals surface area contributed by atoms with Crippen molar-refractivity contribution in [1.82, 2.24) is 15.0 Å². The lowest BCUT2D eigenvalue weighted by Crippen LogP contribution is -1.96. The summed E-state index contributed by atoms with van der Waals surface area (Å²) in [5, 5.41) is 4.22. The van der Waals surface area contributed by atoms with Gasteiger partial charge in [-0.1, -0.05) is 48.5 Å². The van der Waals surface area contributed by atoms with Crippen LogP contribution in [-0.2, 0) is 0 Å². The van der Waals surface area contributed by atoms with Crippen LogP contribution >= 0.6 is 34.0 Å². The lowest BCUT2D eigenvalue weighted by atomic mass is 10.1. The summed E-state index contributed by atoms with van der Waals surface area (Å²) in [7, 11) is 0. The summed E-state index contributed by atoms with van der Waals surface area (Å²) < 4.78 is 0. The van der Waals surface area contributed by atoms with Crippen molar-refractivity contribution < 1.29 is 0 Å². The number of benzene rings is 1. The molecule has 0 unspecified atom stereocenters. The Bertz CT molecular complexity index is 1340. The number of thiophene rings is 3. The maximum absolute atomic E-state index is 5.23. The number of aromatic nitrogens is 3. The molecule has 0 amide bonds. The maximum Gasteiger partial charge on any atom is 0.116 e. The quantitative estimate of drug-likeness (QED) is 0.272. The summed E-state index contributed by atoms with van der Waals surface area (Å²) in [4.78, 5) is 19.8. The number of pyridine rings is 1. The fourth-order valence-corrected chi connectivity index (χ4v) is 6.47. The van der Waals surface area contributed by atoms with Crippen molar-refractivity contribution in [2.24, 2.45) is 0 Å². The molecule has 0 saturated heterocycles. The van der Waals surface area contributed by atoms with E-state index in [-0.39, 0.29) is 0 Å². The lowest BCUT2D eigenvalue weighted by molar-refractivity contribution is 1.24. The van der Waals surface area contributed by atoms with Crippen LogP contribution in [0.15, 0.2) is 89.8 Å². The predicted molar refractivity (Wildman–Crippen MR) is 133 cm³/mol. The Kier molecular flexibility index (Phi) is 4.68. The SMILES string of the molecule is c1ccc(-c2nc3c(-c4cccs4)sc(-c4cccs4)c3nc2-c2ccccn2)cc1. The monoisotopic (exact) mass is 453 g/mol. The maximum atomic E-state index is 5.23. The zero-order valence-corrected chi connectivity index (χ0v) is 18.7. The van der Waals surface area contributed by atoms with Crippen LogP contribution in [0.1, 0.15) is 0 Å². The molecule has 148 valence electrons. The fraction of sp³-hybridized carbons (Fsp3) is 0. The van der Waals surface area contributed by atoms with Gasteiger partial charge >= 0.3 is 0 Å².